The lowest BCUT2D eigenvalue weighted by molar-refractivity contribution is 0.714. The summed E-state index contributed by atoms with van der Waals surface area (Å²) in [7, 11) is 0. The molecule has 0 aliphatic carbocycles. The number of hydrogen-bond acceptors (Lipinski definition) is 1. The maximum absolute atomic E-state index is 3.90. The van der Waals surface area contributed by atoms with E-state index < -0.39 is 0 Å². The highest BCUT2D eigenvalue weighted by atomic mass is 79.9. The van der Waals surface area contributed by atoms with Crippen molar-refractivity contribution in [2.45, 2.75) is 12.8 Å². The first-order valence-corrected chi connectivity index (χ1v) is 4.95. The first-order valence-electron chi connectivity index (χ1n) is 4.15. The fourth-order valence-corrected chi connectivity index (χ4v) is 1.84. The Hall–Kier alpha value is -0.340. The van der Waals surface area contributed by atoms with Crippen molar-refractivity contribution >= 4 is 15.9 Å². The SMILES string of the molecule is C=CC1=C(C(=C)Br)CCCNC1. The van der Waals surface area contributed by atoms with Crippen LogP contribution in [0.25, 0.3) is 0 Å². The smallest absolute Gasteiger partial charge is 0.0208 e. The van der Waals surface area contributed by atoms with Gasteiger partial charge in [0.15, 0.2) is 0 Å². The van der Waals surface area contributed by atoms with E-state index in [9.17, 15) is 0 Å². The van der Waals surface area contributed by atoms with Crippen molar-refractivity contribution in [2.24, 2.45) is 0 Å². The molecule has 1 aliphatic heterocycles. The Morgan fingerprint density at radius 2 is 2.33 bits per heavy atom. The topological polar surface area (TPSA) is 12.0 Å². The van der Waals surface area contributed by atoms with Crippen LogP contribution in [0.15, 0.2) is 34.9 Å². The van der Waals surface area contributed by atoms with Gasteiger partial charge in [0.1, 0.15) is 0 Å². The zero-order valence-corrected chi connectivity index (χ0v) is 8.78. The molecule has 0 amide bonds. The van der Waals surface area contributed by atoms with E-state index in [0.29, 0.717) is 0 Å². The Kier molecular flexibility index (Phi) is 3.76. The van der Waals surface area contributed by atoms with E-state index in [1.165, 1.54) is 17.6 Å². The van der Waals surface area contributed by atoms with Crippen LogP contribution in [-0.4, -0.2) is 13.1 Å². The predicted molar refractivity (Wildman–Crippen MR) is 57.4 cm³/mol. The maximum atomic E-state index is 3.90. The van der Waals surface area contributed by atoms with Gasteiger partial charge in [-0.3, -0.25) is 0 Å². The molecule has 1 aliphatic rings. The number of rotatable bonds is 2. The summed E-state index contributed by atoms with van der Waals surface area (Å²) in [5, 5.41) is 3.34. The molecule has 0 spiro atoms. The summed E-state index contributed by atoms with van der Waals surface area (Å²) < 4.78 is 1.00. The molecular weight excluding hydrogens is 214 g/mol. The van der Waals surface area contributed by atoms with Crippen LogP contribution in [0.2, 0.25) is 0 Å². The molecule has 12 heavy (non-hydrogen) atoms. The van der Waals surface area contributed by atoms with Crippen LogP contribution in [0.1, 0.15) is 12.8 Å². The van der Waals surface area contributed by atoms with E-state index in [1.807, 2.05) is 6.08 Å². The van der Waals surface area contributed by atoms with Gasteiger partial charge in [-0.05, 0) is 30.5 Å². The average Bonchev–Trinajstić information content (AvgIpc) is 2.27. The van der Waals surface area contributed by atoms with Gasteiger partial charge in [0, 0.05) is 11.0 Å². The third kappa shape index (κ3) is 2.32. The van der Waals surface area contributed by atoms with Gasteiger partial charge in [-0.25, -0.2) is 0 Å². The molecule has 2 heteroatoms. The van der Waals surface area contributed by atoms with E-state index in [2.05, 4.69) is 34.4 Å². The molecule has 0 bridgehead atoms. The minimum Gasteiger partial charge on any atom is -0.313 e. The zero-order valence-electron chi connectivity index (χ0n) is 7.20. The Balaban J connectivity index is 2.89. The number of nitrogens with one attached hydrogen (secondary N) is 1. The van der Waals surface area contributed by atoms with Gasteiger partial charge in [-0.1, -0.05) is 35.2 Å². The van der Waals surface area contributed by atoms with E-state index in [0.717, 1.165) is 24.0 Å². The molecule has 0 unspecified atom stereocenters. The summed E-state index contributed by atoms with van der Waals surface area (Å²) in [4.78, 5) is 0. The quantitative estimate of drug-likeness (QED) is 0.766. The molecular formula is C10H14BrN. The Morgan fingerprint density at radius 3 is 2.92 bits per heavy atom. The highest BCUT2D eigenvalue weighted by Gasteiger charge is 2.09. The first-order chi connectivity index (χ1) is 5.75. The normalized spacial score (nSPS) is 18.8. The van der Waals surface area contributed by atoms with Crippen LogP contribution in [0, 0.1) is 0 Å². The van der Waals surface area contributed by atoms with Crippen molar-refractivity contribution in [3.8, 4) is 0 Å². The van der Waals surface area contributed by atoms with E-state index in [-0.39, 0.29) is 0 Å². The summed E-state index contributed by atoms with van der Waals surface area (Å²) in [6.45, 7) is 9.71. The van der Waals surface area contributed by atoms with Crippen molar-refractivity contribution in [3.05, 3.63) is 34.9 Å². The van der Waals surface area contributed by atoms with Gasteiger partial charge in [-0.2, -0.15) is 0 Å². The van der Waals surface area contributed by atoms with Crippen LogP contribution < -0.4 is 5.32 Å². The van der Waals surface area contributed by atoms with Gasteiger partial charge in [0.2, 0.25) is 0 Å². The van der Waals surface area contributed by atoms with Gasteiger partial charge in [0.05, 0.1) is 0 Å². The minimum absolute atomic E-state index is 0.920. The van der Waals surface area contributed by atoms with E-state index in [4.69, 9.17) is 0 Å². The van der Waals surface area contributed by atoms with Crippen molar-refractivity contribution in [3.63, 3.8) is 0 Å². The van der Waals surface area contributed by atoms with Gasteiger partial charge < -0.3 is 5.32 Å². The second-order valence-electron chi connectivity index (χ2n) is 2.89. The fraction of sp³-hybridized carbons (Fsp3) is 0.400. The molecule has 66 valence electrons. The molecule has 0 saturated heterocycles. The third-order valence-corrected chi connectivity index (χ3v) is 2.54. The standard InChI is InChI=1S/C10H14BrN/c1-3-9-7-12-6-4-5-10(9)8(2)11/h3,12H,1-2,4-7H2. The van der Waals surface area contributed by atoms with Crippen LogP contribution >= 0.6 is 15.9 Å². The summed E-state index contributed by atoms with van der Waals surface area (Å²) in [6, 6.07) is 0. The Morgan fingerprint density at radius 1 is 1.58 bits per heavy atom. The van der Waals surface area contributed by atoms with Crippen LogP contribution in [-0.2, 0) is 0 Å². The summed E-state index contributed by atoms with van der Waals surface area (Å²) in [6.07, 6.45) is 4.19. The summed E-state index contributed by atoms with van der Waals surface area (Å²) >= 11 is 3.42. The highest BCUT2D eigenvalue weighted by Crippen LogP contribution is 2.25. The van der Waals surface area contributed by atoms with Gasteiger partial charge >= 0.3 is 0 Å². The van der Waals surface area contributed by atoms with Crippen molar-refractivity contribution in [2.75, 3.05) is 13.1 Å². The molecule has 0 saturated carbocycles. The van der Waals surface area contributed by atoms with Crippen molar-refractivity contribution in [1.29, 1.82) is 0 Å². The summed E-state index contributed by atoms with van der Waals surface area (Å²) in [5.74, 6) is 0. The van der Waals surface area contributed by atoms with Crippen molar-refractivity contribution in [1.82, 2.24) is 5.32 Å². The van der Waals surface area contributed by atoms with Crippen LogP contribution in [0.3, 0.4) is 0 Å². The van der Waals surface area contributed by atoms with E-state index in [1.54, 1.807) is 0 Å². The molecule has 1 N–H and O–H groups in total. The number of hydrogen-bond donors (Lipinski definition) is 1. The number of halogens is 1. The second kappa shape index (κ2) is 4.63. The molecule has 0 aromatic rings. The Labute approximate surface area is 82.4 Å². The summed E-state index contributed by atoms with van der Waals surface area (Å²) in [5.41, 5.74) is 2.59. The van der Waals surface area contributed by atoms with E-state index >= 15 is 0 Å². The molecule has 1 rings (SSSR count). The zero-order chi connectivity index (χ0) is 8.97. The average molecular weight is 228 g/mol. The first kappa shape index (κ1) is 9.75. The monoisotopic (exact) mass is 227 g/mol. The van der Waals surface area contributed by atoms with Crippen molar-refractivity contribution < 1.29 is 0 Å². The van der Waals surface area contributed by atoms with Gasteiger partial charge in [-0.15, -0.1) is 0 Å². The molecule has 0 atom stereocenters. The minimum atomic E-state index is 0.920. The lowest BCUT2D eigenvalue weighted by atomic mass is 10.1. The maximum Gasteiger partial charge on any atom is 0.0208 e. The molecule has 1 heterocycles. The largest absolute Gasteiger partial charge is 0.313 e. The predicted octanol–water partition coefficient (Wildman–Crippen LogP) is 2.76. The number of allylic oxidation sites excluding steroid dienone is 2. The highest BCUT2D eigenvalue weighted by molar-refractivity contribution is 9.11. The molecule has 0 radical (unpaired) electrons. The van der Waals surface area contributed by atoms with Crippen LogP contribution in [0.5, 0.6) is 0 Å². The fourth-order valence-electron chi connectivity index (χ4n) is 1.39. The molecule has 0 fully saturated rings. The lowest BCUT2D eigenvalue weighted by Gasteiger charge is -2.06. The second-order valence-corrected chi connectivity index (χ2v) is 3.85. The van der Waals surface area contributed by atoms with Crippen LogP contribution in [0.4, 0.5) is 0 Å². The molecule has 0 aromatic heterocycles. The third-order valence-electron chi connectivity index (χ3n) is 2.06. The van der Waals surface area contributed by atoms with Gasteiger partial charge in [0.25, 0.3) is 0 Å². The Bertz CT molecular complexity index is 228. The molecule has 1 nitrogen and oxygen atoms in total. The molecule has 0 aromatic carbocycles. The lowest BCUT2D eigenvalue weighted by Crippen LogP contribution is -2.15.